The Balaban J connectivity index is 1.96. The molecule has 0 aliphatic rings. The molecule has 0 saturated carbocycles. The van der Waals surface area contributed by atoms with Crippen molar-refractivity contribution < 1.29 is 13.9 Å². The minimum atomic E-state index is -0.780. The Morgan fingerprint density at radius 3 is 2.70 bits per heavy atom. The molecule has 0 aliphatic heterocycles. The molecule has 10 heteroatoms. The predicted molar refractivity (Wildman–Crippen MR) is 128 cm³/mol. The van der Waals surface area contributed by atoms with Crippen LogP contribution in [0.3, 0.4) is 0 Å². The fourth-order valence-corrected chi connectivity index (χ4v) is 3.73. The van der Waals surface area contributed by atoms with E-state index in [9.17, 15) is 9.18 Å². The number of methoxy groups -OCH3 is 1. The van der Waals surface area contributed by atoms with Crippen molar-refractivity contribution in [2.75, 3.05) is 24.4 Å². The molecule has 0 bridgehead atoms. The summed E-state index contributed by atoms with van der Waals surface area (Å²) >= 11 is 0. The lowest BCUT2D eigenvalue weighted by molar-refractivity contribution is 0.100. The van der Waals surface area contributed by atoms with E-state index in [1.165, 1.54) is 0 Å². The van der Waals surface area contributed by atoms with E-state index in [1.807, 2.05) is 43.7 Å². The first kappa shape index (κ1) is 24.4. The maximum atomic E-state index is 14.7. The lowest BCUT2D eigenvalue weighted by Crippen LogP contribution is -2.38. The Labute approximate surface area is 192 Å². The molecule has 0 spiro atoms. The zero-order valence-corrected chi connectivity index (χ0v) is 19.5. The molecule has 2 aromatic heterocycles. The van der Waals surface area contributed by atoms with Crippen LogP contribution in [0.2, 0.25) is 0 Å². The molecule has 3 rings (SSSR count). The average molecular weight is 458 g/mol. The van der Waals surface area contributed by atoms with Crippen LogP contribution < -0.4 is 22.1 Å². The zero-order valence-electron chi connectivity index (χ0n) is 19.5. The lowest BCUT2D eigenvalue weighted by Gasteiger charge is -2.23. The van der Waals surface area contributed by atoms with E-state index in [-0.39, 0.29) is 29.3 Å². The number of anilines is 3. The fourth-order valence-electron chi connectivity index (χ4n) is 3.73. The highest BCUT2D eigenvalue weighted by Gasteiger charge is 2.20. The third kappa shape index (κ3) is 5.58. The number of ether oxygens (including phenoxy) is 1. The van der Waals surface area contributed by atoms with Crippen LogP contribution in [0.5, 0.6) is 0 Å². The van der Waals surface area contributed by atoms with Crippen LogP contribution in [0, 0.1) is 12.7 Å². The highest BCUT2D eigenvalue weighted by Crippen LogP contribution is 2.28. The van der Waals surface area contributed by atoms with Gasteiger partial charge < -0.3 is 26.8 Å². The molecule has 33 heavy (non-hydrogen) atoms. The number of aromatic nitrogens is 3. The van der Waals surface area contributed by atoms with Crippen LogP contribution in [-0.2, 0) is 11.3 Å². The molecular weight excluding hydrogens is 425 g/mol. The summed E-state index contributed by atoms with van der Waals surface area (Å²) in [7, 11) is 1.65. The molecule has 1 amide bonds. The van der Waals surface area contributed by atoms with Crippen molar-refractivity contribution in [1.29, 1.82) is 0 Å². The normalized spacial score (nSPS) is 13.2. The van der Waals surface area contributed by atoms with E-state index in [4.69, 9.17) is 16.2 Å². The lowest BCUT2D eigenvalue weighted by atomic mass is 10.1. The number of nitrogens with one attached hydrogen (secondary N) is 2. The van der Waals surface area contributed by atoms with Crippen LogP contribution in [0.15, 0.2) is 24.3 Å². The summed E-state index contributed by atoms with van der Waals surface area (Å²) in [6, 6.07) is 6.40. The van der Waals surface area contributed by atoms with Crippen molar-refractivity contribution in [3.63, 3.8) is 0 Å². The molecule has 0 fully saturated rings. The van der Waals surface area contributed by atoms with Gasteiger partial charge in [-0.25, -0.2) is 9.37 Å². The van der Waals surface area contributed by atoms with E-state index in [0.29, 0.717) is 18.8 Å². The maximum Gasteiger partial charge on any atom is 0.252 e. The molecule has 2 atom stereocenters. The van der Waals surface area contributed by atoms with Crippen molar-refractivity contribution in [3.8, 4) is 0 Å². The second-order valence-electron chi connectivity index (χ2n) is 8.14. The summed E-state index contributed by atoms with van der Waals surface area (Å²) in [5.74, 6) is -1.27. The Kier molecular flexibility index (Phi) is 7.83. The summed E-state index contributed by atoms with van der Waals surface area (Å²) in [6.07, 6.45) is 1.63. The smallest absolute Gasteiger partial charge is 0.252 e. The quantitative estimate of drug-likeness (QED) is 0.347. The van der Waals surface area contributed by atoms with Gasteiger partial charge in [0.05, 0.1) is 29.9 Å². The van der Waals surface area contributed by atoms with Crippen LogP contribution in [0.1, 0.15) is 42.7 Å². The topological polar surface area (TPSA) is 133 Å². The Hall–Kier alpha value is -3.24. The SMILES string of the molecule is CCC[C@@H](Nc1nc(Nc2ccc3c(c2)c(C)nn3CCOC)c(C(N)=O)cc1F)[C@H](C)N. The molecule has 1 aromatic carbocycles. The number of halogens is 1. The number of benzene rings is 1. The van der Waals surface area contributed by atoms with Crippen LogP contribution in [0.25, 0.3) is 10.9 Å². The number of nitrogens with two attached hydrogens (primary N) is 2. The predicted octanol–water partition coefficient (Wildman–Crippen LogP) is 3.30. The van der Waals surface area contributed by atoms with Crippen molar-refractivity contribution in [3.05, 3.63) is 41.3 Å². The monoisotopic (exact) mass is 457 g/mol. The first-order valence-corrected chi connectivity index (χ1v) is 11.0. The highest BCUT2D eigenvalue weighted by molar-refractivity contribution is 5.99. The number of carbonyl (C=O) groups is 1. The Morgan fingerprint density at radius 1 is 1.30 bits per heavy atom. The summed E-state index contributed by atoms with van der Waals surface area (Å²) in [5.41, 5.74) is 14.0. The number of primary amides is 1. The van der Waals surface area contributed by atoms with Crippen LogP contribution >= 0.6 is 0 Å². The van der Waals surface area contributed by atoms with Crippen LogP contribution in [0.4, 0.5) is 21.7 Å². The van der Waals surface area contributed by atoms with E-state index in [0.717, 1.165) is 35.5 Å². The average Bonchev–Trinajstić information content (AvgIpc) is 3.08. The van der Waals surface area contributed by atoms with Crippen molar-refractivity contribution in [1.82, 2.24) is 14.8 Å². The summed E-state index contributed by atoms with van der Waals surface area (Å²) < 4.78 is 21.8. The van der Waals surface area contributed by atoms with Gasteiger partial charge in [-0.3, -0.25) is 9.48 Å². The molecule has 9 nitrogen and oxygen atoms in total. The van der Waals surface area contributed by atoms with Gasteiger partial charge in [-0.2, -0.15) is 5.10 Å². The van der Waals surface area contributed by atoms with Crippen molar-refractivity contribution >= 4 is 34.1 Å². The van der Waals surface area contributed by atoms with Gasteiger partial charge in [-0.1, -0.05) is 13.3 Å². The first-order valence-electron chi connectivity index (χ1n) is 11.0. The summed E-state index contributed by atoms with van der Waals surface area (Å²) in [4.78, 5) is 16.3. The second kappa shape index (κ2) is 10.6. The van der Waals surface area contributed by atoms with Gasteiger partial charge in [0.15, 0.2) is 11.6 Å². The minimum absolute atomic E-state index is 0.0166. The third-order valence-electron chi connectivity index (χ3n) is 5.50. The summed E-state index contributed by atoms with van der Waals surface area (Å²) in [5, 5.41) is 11.7. The van der Waals surface area contributed by atoms with E-state index in [1.54, 1.807) is 7.11 Å². The summed E-state index contributed by atoms with van der Waals surface area (Å²) in [6.45, 7) is 6.98. The number of fused-ring (bicyclic) bond motifs is 1. The molecular formula is C23H32FN7O2. The van der Waals surface area contributed by atoms with Gasteiger partial charge >= 0.3 is 0 Å². The fraction of sp³-hybridized carbons (Fsp3) is 0.435. The standard InChI is InChI=1S/C23H32FN7O2/c1-5-6-19(13(2)25)28-23-18(24)12-17(21(26)32)22(29-23)27-15-7-8-20-16(11-15)14(3)30-31(20)9-10-33-4/h7-8,11-13,19H,5-6,9-10,25H2,1-4H3,(H2,26,32)(H2,27,28,29)/t13-,19+/m0/s1. The number of rotatable bonds is 11. The Morgan fingerprint density at radius 2 is 2.06 bits per heavy atom. The number of pyridine rings is 1. The minimum Gasteiger partial charge on any atom is -0.383 e. The second-order valence-corrected chi connectivity index (χ2v) is 8.14. The van der Waals surface area contributed by atoms with Crippen molar-refractivity contribution in [2.24, 2.45) is 11.5 Å². The van der Waals surface area contributed by atoms with Gasteiger partial charge in [-0.05, 0) is 44.5 Å². The number of nitrogens with zero attached hydrogens (tertiary/aromatic N) is 3. The van der Waals surface area contributed by atoms with Crippen LogP contribution in [-0.4, -0.2) is 46.5 Å². The number of amides is 1. The number of carbonyl (C=O) groups excluding carboxylic acids is 1. The maximum absolute atomic E-state index is 14.7. The third-order valence-corrected chi connectivity index (χ3v) is 5.50. The highest BCUT2D eigenvalue weighted by atomic mass is 19.1. The van der Waals surface area contributed by atoms with Crippen molar-refractivity contribution in [2.45, 2.75) is 52.2 Å². The molecule has 3 aromatic rings. The Bertz CT molecular complexity index is 1130. The molecule has 178 valence electrons. The number of hydrogen-bond acceptors (Lipinski definition) is 7. The molecule has 0 radical (unpaired) electrons. The van der Waals surface area contributed by atoms with E-state index < -0.39 is 11.7 Å². The molecule has 0 saturated heterocycles. The van der Waals surface area contributed by atoms with Gasteiger partial charge in [0, 0.05) is 30.3 Å². The van der Waals surface area contributed by atoms with Gasteiger partial charge in [0.1, 0.15) is 5.82 Å². The number of aryl methyl sites for hydroxylation is 1. The van der Waals surface area contributed by atoms with Gasteiger partial charge in [0.25, 0.3) is 5.91 Å². The van der Waals surface area contributed by atoms with E-state index >= 15 is 0 Å². The molecule has 0 unspecified atom stereocenters. The zero-order chi connectivity index (χ0) is 24.1. The van der Waals surface area contributed by atoms with Gasteiger partial charge in [-0.15, -0.1) is 0 Å². The largest absolute Gasteiger partial charge is 0.383 e. The molecule has 6 N–H and O–H groups in total. The van der Waals surface area contributed by atoms with E-state index in [2.05, 4.69) is 20.7 Å². The first-order chi connectivity index (χ1) is 15.7. The molecule has 2 heterocycles. The molecule has 0 aliphatic carbocycles. The van der Waals surface area contributed by atoms with Gasteiger partial charge in [0.2, 0.25) is 0 Å². The number of hydrogen-bond donors (Lipinski definition) is 4.